The first kappa shape index (κ1) is 14.7. The number of hydrogen-bond donors (Lipinski definition) is 0. The lowest BCUT2D eigenvalue weighted by molar-refractivity contribution is -0.137. The van der Waals surface area contributed by atoms with Crippen LogP contribution in [0.2, 0.25) is 0 Å². The average Bonchev–Trinajstić information content (AvgIpc) is 2.33. The molecule has 0 atom stereocenters. The molecule has 0 aliphatic rings. The maximum absolute atomic E-state index is 12.3. The van der Waals surface area contributed by atoms with Crippen LogP contribution < -0.4 is 0 Å². The predicted octanol–water partition coefficient (Wildman–Crippen LogP) is 4.86. The molecule has 1 aromatic carbocycles. The highest BCUT2D eigenvalue weighted by atomic mass is 19.4. The van der Waals surface area contributed by atoms with Crippen molar-refractivity contribution >= 4 is 5.78 Å². The molecule has 1 aromatic rings. The van der Waals surface area contributed by atoms with Crippen molar-refractivity contribution in [3.8, 4) is 0 Å². The van der Waals surface area contributed by atoms with Gasteiger partial charge in [-0.3, -0.25) is 4.79 Å². The van der Waals surface area contributed by atoms with E-state index in [0.717, 1.165) is 37.8 Å². The van der Waals surface area contributed by atoms with Crippen molar-refractivity contribution in [2.75, 3.05) is 0 Å². The zero-order valence-corrected chi connectivity index (χ0v) is 10.4. The molecular formula is C14H17F3O. The van der Waals surface area contributed by atoms with Crippen LogP contribution in [0.1, 0.15) is 54.9 Å². The van der Waals surface area contributed by atoms with E-state index in [1.54, 1.807) is 0 Å². The third-order valence-electron chi connectivity index (χ3n) is 2.79. The van der Waals surface area contributed by atoms with E-state index in [1.165, 1.54) is 12.1 Å². The number of ketones is 1. The summed E-state index contributed by atoms with van der Waals surface area (Å²) < 4.78 is 37.0. The van der Waals surface area contributed by atoms with E-state index in [9.17, 15) is 18.0 Å². The summed E-state index contributed by atoms with van der Waals surface area (Å²) in [5.41, 5.74) is -0.357. The molecule has 0 aliphatic heterocycles. The van der Waals surface area contributed by atoms with Gasteiger partial charge in [0.2, 0.25) is 0 Å². The first-order chi connectivity index (χ1) is 8.45. The van der Waals surface area contributed by atoms with E-state index in [2.05, 4.69) is 6.92 Å². The molecule has 0 heterocycles. The fourth-order valence-electron chi connectivity index (χ4n) is 1.70. The highest BCUT2D eigenvalue weighted by Gasteiger charge is 2.30. The molecule has 0 amide bonds. The van der Waals surface area contributed by atoms with Crippen LogP contribution in [0, 0.1) is 0 Å². The molecule has 0 unspecified atom stereocenters. The number of rotatable bonds is 6. The summed E-state index contributed by atoms with van der Waals surface area (Å²) in [5.74, 6) is -0.0835. The van der Waals surface area contributed by atoms with E-state index in [1.807, 2.05) is 0 Å². The van der Waals surface area contributed by atoms with Gasteiger partial charge in [0, 0.05) is 12.0 Å². The van der Waals surface area contributed by atoms with Crippen LogP contribution in [0.3, 0.4) is 0 Å². The normalized spacial score (nSPS) is 11.6. The Kier molecular flexibility index (Phi) is 5.38. The second kappa shape index (κ2) is 6.57. The van der Waals surface area contributed by atoms with Crippen LogP contribution in [0.15, 0.2) is 24.3 Å². The van der Waals surface area contributed by atoms with Gasteiger partial charge in [-0.25, -0.2) is 0 Å². The van der Waals surface area contributed by atoms with Crippen molar-refractivity contribution in [1.29, 1.82) is 0 Å². The van der Waals surface area contributed by atoms with Crippen LogP contribution in [0.25, 0.3) is 0 Å². The molecule has 0 spiro atoms. The van der Waals surface area contributed by atoms with E-state index in [-0.39, 0.29) is 5.78 Å². The summed E-state index contributed by atoms with van der Waals surface area (Å²) in [6.07, 6.45) is 0.0272. The quantitative estimate of drug-likeness (QED) is 0.526. The molecule has 0 saturated heterocycles. The fourth-order valence-corrected chi connectivity index (χ4v) is 1.70. The molecule has 0 N–H and O–H groups in total. The number of alkyl halides is 3. The highest BCUT2D eigenvalue weighted by Crippen LogP contribution is 2.29. The molecule has 0 radical (unpaired) electrons. The molecular weight excluding hydrogens is 241 g/mol. The maximum Gasteiger partial charge on any atom is 0.416 e. The molecule has 0 bridgehead atoms. The van der Waals surface area contributed by atoms with Gasteiger partial charge in [0.15, 0.2) is 5.78 Å². The first-order valence-electron chi connectivity index (χ1n) is 6.15. The van der Waals surface area contributed by atoms with E-state index >= 15 is 0 Å². The highest BCUT2D eigenvalue weighted by molar-refractivity contribution is 5.96. The second-order valence-electron chi connectivity index (χ2n) is 4.31. The van der Waals surface area contributed by atoms with Gasteiger partial charge in [-0.2, -0.15) is 13.2 Å². The van der Waals surface area contributed by atoms with Crippen molar-refractivity contribution < 1.29 is 18.0 Å². The Hall–Kier alpha value is -1.32. The summed E-state index contributed by atoms with van der Waals surface area (Å²) >= 11 is 0. The van der Waals surface area contributed by atoms with E-state index < -0.39 is 11.7 Å². The Morgan fingerprint density at radius 3 is 2.17 bits per heavy atom. The van der Waals surface area contributed by atoms with Gasteiger partial charge in [0.1, 0.15) is 0 Å². The van der Waals surface area contributed by atoms with E-state index in [0.29, 0.717) is 12.0 Å². The largest absolute Gasteiger partial charge is 0.416 e. The lowest BCUT2D eigenvalue weighted by Crippen LogP contribution is -2.06. The second-order valence-corrected chi connectivity index (χ2v) is 4.31. The van der Waals surface area contributed by atoms with E-state index in [4.69, 9.17) is 0 Å². The number of hydrogen-bond acceptors (Lipinski definition) is 1. The lowest BCUT2D eigenvalue weighted by Gasteiger charge is -2.07. The van der Waals surface area contributed by atoms with Gasteiger partial charge in [0.05, 0.1) is 5.56 Å². The first-order valence-corrected chi connectivity index (χ1v) is 6.15. The van der Waals surface area contributed by atoms with Gasteiger partial charge in [0.25, 0.3) is 0 Å². The Morgan fingerprint density at radius 2 is 1.67 bits per heavy atom. The van der Waals surface area contributed by atoms with Crippen molar-refractivity contribution in [3.05, 3.63) is 35.4 Å². The monoisotopic (exact) mass is 258 g/mol. The summed E-state index contributed by atoms with van der Waals surface area (Å²) in [6.45, 7) is 2.08. The minimum absolute atomic E-state index is 0.0835. The summed E-state index contributed by atoms with van der Waals surface area (Å²) in [6, 6.07) is 4.43. The lowest BCUT2D eigenvalue weighted by atomic mass is 10.0. The standard InChI is InChI=1S/C14H17F3O/c1-2-3-4-5-6-13(18)11-7-9-12(10-8-11)14(15,16)17/h7-10H,2-6H2,1H3. The zero-order chi connectivity index (χ0) is 13.6. The number of unbranched alkanes of at least 4 members (excludes halogenated alkanes) is 3. The summed E-state index contributed by atoms with van der Waals surface area (Å²) in [5, 5.41) is 0. The minimum Gasteiger partial charge on any atom is -0.294 e. The molecule has 0 saturated carbocycles. The molecule has 0 aliphatic carbocycles. The van der Waals surface area contributed by atoms with Crippen LogP contribution in [0.5, 0.6) is 0 Å². The average molecular weight is 258 g/mol. The predicted molar refractivity (Wildman–Crippen MR) is 64.5 cm³/mol. The molecule has 1 rings (SSSR count). The number of Topliss-reactive ketones (excluding diaryl/α,β-unsaturated/α-hetero) is 1. The minimum atomic E-state index is -4.34. The van der Waals surface area contributed by atoms with Crippen molar-refractivity contribution in [3.63, 3.8) is 0 Å². The smallest absolute Gasteiger partial charge is 0.294 e. The molecule has 100 valence electrons. The number of benzene rings is 1. The topological polar surface area (TPSA) is 17.1 Å². The van der Waals surface area contributed by atoms with Gasteiger partial charge in [-0.1, -0.05) is 38.3 Å². The van der Waals surface area contributed by atoms with Crippen molar-refractivity contribution in [2.45, 2.75) is 45.2 Å². The molecule has 18 heavy (non-hydrogen) atoms. The van der Waals surface area contributed by atoms with Crippen LogP contribution in [0.4, 0.5) is 13.2 Å². The van der Waals surface area contributed by atoms with Crippen LogP contribution in [-0.4, -0.2) is 5.78 Å². The SMILES string of the molecule is CCCCCCC(=O)c1ccc(C(F)(F)F)cc1. The van der Waals surface area contributed by atoms with Gasteiger partial charge in [-0.15, -0.1) is 0 Å². The summed E-state index contributed by atoms with van der Waals surface area (Å²) in [4.78, 5) is 11.7. The third-order valence-corrected chi connectivity index (χ3v) is 2.79. The molecule has 0 aromatic heterocycles. The third kappa shape index (κ3) is 4.51. The Labute approximate surface area is 105 Å². The Bertz CT molecular complexity index is 379. The molecule has 4 heteroatoms. The number of carbonyl (C=O) groups excluding carboxylic acids is 1. The summed E-state index contributed by atoms with van der Waals surface area (Å²) in [7, 11) is 0. The van der Waals surface area contributed by atoms with Gasteiger partial charge in [-0.05, 0) is 18.6 Å². The fraction of sp³-hybridized carbons (Fsp3) is 0.500. The maximum atomic E-state index is 12.3. The van der Waals surface area contributed by atoms with Gasteiger partial charge < -0.3 is 0 Å². The molecule has 1 nitrogen and oxygen atoms in total. The van der Waals surface area contributed by atoms with Crippen molar-refractivity contribution in [2.24, 2.45) is 0 Å². The van der Waals surface area contributed by atoms with Crippen molar-refractivity contribution in [1.82, 2.24) is 0 Å². The van der Waals surface area contributed by atoms with Crippen LogP contribution >= 0.6 is 0 Å². The molecule has 0 fully saturated rings. The van der Waals surface area contributed by atoms with Crippen LogP contribution in [-0.2, 0) is 6.18 Å². The Morgan fingerprint density at radius 1 is 1.06 bits per heavy atom. The number of carbonyl (C=O) groups is 1. The van der Waals surface area contributed by atoms with Gasteiger partial charge >= 0.3 is 6.18 Å². The zero-order valence-electron chi connectivity index (χ0n) is 10.4. The number of halogens is 3. The Balaban J connectivity index is 2.54.